The molecule has 4 heterocycles. The van der Waals surface area contributed by atoms with Crippen LogP contribution in [-0.2, 0) is 47.6 Å². The summed E-state index contributed by atoms with van der Waals surface area (Å²) in [6, 6.07) is 76.1. The molecule has 0 unspecified atom stereocenters. The van der Waals surface area contributed by atoms with Crippen molar-refractivity contribution in [2.24, 2.45) is 25.5 Å². The van der Waals surface area contributed by atoms with Crippen LogP contribution in [0.2, 0.25) is 0 Å². The van der Waals surface area contributed by atoms with Crippen LogP contribution in [0.3, 0.4) is 0 Å². The van der Waals surface area contributed by atoms with Gasteiger partial charge in [0.2, 0.25) is 0 Å². The second-order valence-electron chi connectivity index (χ2n) is 14.1. The van der Waals surface area contributed by atoms with Gasteiger partial charge in [-0.15, -0.1) is 27.3 Å². The molecule has 0 radical (unpaired) electrons. The number of rotatable bonds is 12. The van der Waals surface area contributed by atoms with Crippen LogP contribution in [0.4, 0.5) is 51.3 Å². The number of nitrogens with zero attached hydrogens (tertiary/aromatic N) is 14. The second-order valence-corrected chi connectivity index (χ2v) is 14.1. The molecule has 0 saturated heterocycles. The molecule has 0 N–H and O–H groups in total. The zero-order valence-electron chi connectivity index (χ0n) is 38.9. The van der Waals surface area contributed by atoms with Crippen molar-refractivity contribution in [3.63, 3.8) is 0 Å². The summed E-state index contributed by atoms with van der Waals surface area (Å²) in [7, 11) is 0. The van der Waals surface area contributed by atoms with Gasteiger partial charge in [0, 0.05) is 48.3 Å². The molecule has 0 aliphatic carbocycles. The van der Waals surface area contributed by atoms with E-state index in [1.807, 2.05) is 231 Å². The van der Waals surface area contributed by atoms with E-state index >= 15 is 0 Å². The zero-order chi connectivity index (χ0) is 47.9. The van der Waals surface area contributed by atoms with Crippen LogP contribution < -0.4 is 31.4 Å². The Hall–Kier alpha value is -8.74. The van der Waals surface area contributed by atoms with Gasteiger partial charge in [0.25, 0.3) is 0 Å². The van der Waals surface area contributed by atoms with E-state index in [2.05, 4.69) is 72.4 Å². The first-order chi connectivity index (χ1) is 34.7. The number of azo groups is 1. The molecule has 0 aliphatic heterocycles. The van der Waals surface area contributed by atoms with Gasteiger partial charge < -0.3 is 62.6 Å². The Bertz CT molecular complexity index is 3040. The van der Waals surface area contributed by atoms with Crippen LogP contribution >= 0.6 is 0 Å². The van der Waals surface area contributed by atoms with Crippen molar-refractivity contribution in [3.8, 4) is 0 Å². The minimum absolute atomic E-state index is 0. The fraction of sp³-hybridized carbons (Fsp3) is 0. The summed E-state index contributed by atoms with van der Waals surface area (Å²) >= 11 is 0. The summed E-state index contributed by atoms with van der Waals surface area (Å²) in [5.41, 5.74) is 20.7. The molecule has 366 valence electrons. The van der Waals surface area contributed by atoms with E-state index in [-0.39, 0.29) is 47.6 Å². The first-order valence-corrected chi connectivity index (χ1v) is 21.9. The Kier molecular flexibility index (Phi) is 26.3. The van der Waals surface area contributed by atoms with Crippen LogP contribution in [0.1, 0.15) is 0 Å². The van der Waals surface area contributed by atoms with Crippen LogP contribution in [0, 0.1) is 0 Å². The maximum Gasteiger partial charge on any atom is 0.174 e. The van der Waals surface area contributed by atoms with E-state index in [1.165, 1.54) is 0 Å². The molecular weight excluding hydrogens is 1080 g/mol. The van der Waals surface area contributed by atoms with Gasteiger partial charge in [0.1, 0.15) is 0 Å². The number of aromatic nitrogens is 4. The SMILES string of the molecule is [Mo].[Mo].[O-2].c1ccc(N=Nc2ccccn2)cc1.c1ccc([N-]/N=c2/cccc[n-]2)cc1.c1ccc([N-]c2ccccc2[N-]/N=c2/cccc[n-]2)cc1.c1ccc([N-]c2ccccc2[N-]/N=c2/cccc[n-]2)cc1. The average molecular weight is 1120 g/mol. The largest absolute Gasteiger partial charge is 2.00 e. The van der Waals surface area contributed by atoms with E-state index in [0.717, 1.165) is 34.1 Å². The maximum atomic E-state index is 4.58. The molecule has 6 aromatic carbocycles. The number of hydrogen-bond acceptors (Lipinski definition) is 6. The second kappa shape index (κ2) is 33.7. The Labute approximate surface area is 452 Å². The van der Waals surface area contributed by atoms with Gasteiger partial charge in [-0.05, 0) is 24.3 Å². The average Bonchev–Trinajstić information content (AvgIpc) is 3.44. The predicted molar refractivity (Wildman–Crippen MR) is 278 cm³/mol. The van der Waals surface area contributed by atoms with Gasteiger partial charge in [-0.2, -0.15) is 22.7 Å². The molecule has 15 nitrogen and oxygen atoms in total. The molecule has 0 fully saturated rings. The fourth-order valence-electron chi connectivity index (χ4n) is 5.64. The van der Waals surface area contributed by atoms with E-state index in [4.69, 9.17) is 0 Å². The van der Waals surface area contributed by atoms with Crippen LogP contribution in [0.25, 0.3) is 26.9 Å². The van der Waals surface area contributed by atoms with Crippen LogP contribution in [0.15, 0.2) is 293 Å². The standard InChI is InChI=1S/2C17H13N4.2C11H9N3.2Mo.O/c2*1-2-8-14(9-3-1)19-15-10-4-5-11-16(15)20-21-17-12-6-7-13-18-17;2*1-2-6-10(7-3-1)13-14-11-8-4-5-9-12-11;;;/h2*1-13H;2*1-9H;;;/q2*-3;;-2;;;-2. The van der Waals surface area contributed by atoms with Crippen molar-refractivity contribution in [2.45, 2.75) is 0 Å². The van der Waals surface area contributed by atoms with Gasteiger partial charge in [-0.25, -0.2) is 4.98 Å². The molecule has 0 bridgehead atoms. The molecule has 10 aromatic rings. The quantitative estimate of drug-likeness (QED) is 0.0662. The molecule has 0 amide bonds. The van der Waals surface area contributed by atoms with Gasteiger partial charge in [-0.3, -0.25) is 0 Å². The third kappa shape index (κ3) is 21.4. The van der Waals surface area contributed by atoms with Crippen molar-refractivity contribution in [3.05, 3.63) is 311 Å². The number of pyridine rings is 4. The van der Waals surface area contributed by atoms with Crippen LogP contribution in [-0.4, -0.2) is 4.98 Å². The zero-order valence-corrected chi connectivity index (χ0v) is 42.9. The van der Waals surface area contributed by atoms with Crippen molar-refractivity contribution in [2.75, 3.05) is 0 Å². The Morgan fingerprint density at radius 1 is 0.315 bits per heavy atom. The molecule has 0 aliphatic rings. The Morgan fingerprint density at radius 2 is 0.671 bits per heavy atom. The smallest absolute Gasteiger partial charge is 0.174 e. The van der Waals surface area contributed by atoms with Gasteiger partial charge in [0.15, 0.2) is 5.82 Å². The monoisotopic (exact) mass is 1120 g/mol. The van der Waals surface area contributed by atoms with Gasteiger partial charge in [-0.1, -0.05) is 253 Å². The molecule has 73 heavy (non-hydrogen) atoms. The summed E-state index contributed by atoms with van der Waals surface area (Å²) in [5.74, 6) is 0.622. The summed E-state index contributed by atoms with van der Waals surface area (Å²) in [6.07, 6.45) is 6.77. The van der Waals surface area contributed by atoms with E-state index in [9.17, 15) is 0 Å². The van der Waals surface area contributed by atoms with Gasteiger partial charge in [0.05, 0.1) is 5.69 Å². The Morgan fingerprint density at radius 3 is 1.07 bits per heavy atom. The summed E-state index contributed by atoms with van der Waals surface area (Å²) in [4.78, 5) is 16.3. The molecular formula is C56H44Mo2N14O-10. The van der Waals surface area contributed by atoms with Crippen molar-refractivity contribution in [1.82, 2.24) is 19.9 Å². The van der Waals surface area contributed by atoms with Gasteiger partial charge >= 0.3 is 0 Å². The van der Waals surface area contributed by atoms with Crippen molar-refractivity contribution < 1.29 is 47.6 Å². The van der Waals surface area contributed by atoms with E-state index in [1.54, 1.807) is 36.9 Å². The predicted octanol–water partition coefficient (Wildman–Crippen LogP) is 14.5. The normalized spacial score (nSPS) is 10.6. The van der Waals surface area contributed by atoms with E-state index < -0.39 is 0 Å². The molecule has 17 heteroatoms. The fourth-order valence-corrected chi connectivity index (χ4v) is 5.64. The summed E-state index contributed by atoms with van der Waals surface area (Å²) in [6.45, 7) is 0. The van der Waals surface area contributed by atoms with Crippen molar-refractivity contribution in [1.29, 1.82) is 0 Å². The van der Waals surface area contributed by atoms with E-state index in [0.29, 0.717) is 33.7 Å². The minimum atomic E-state index is 0. The number of hydrogen-bond donors (Lipinski definition) is 0. The van der Waals surface area contributed by atoms with Crippen molar-refractivity contribution >= 4 is 51.3 Å². The molecule has 4 aromatic heterocycles. The first-order valence-electron chi connectivity index (χ1n) is 21.9. The molecule has 10 rings (SSSR count). The summed E-state index contributed by atoms with van der Waals surface area (Å²) < 4.78 is 0. The maximum absolute atomic E-state index is 4.58. The summed E-state index contributed by atoms with van der Waals surface area (Å²) in [5, 5.41) is 29.4. The van der Waals surface area contributed by atoms with Crippen LogP contribution in [0.5, 0.6) is 0 Å². The number of benzene rings is 6. The molecule has 0 saturated carbocycles. The number of para-hydroxylation sites is 4. The molecule has 0 atom stereocenters. The Balaban J connectivity index is 0.000000212. The third-order valence-corrected chi connectivity index (χ3v) is 8.94. The third-order valence-electron chi connectivity index (χ3n) is 8.94. The first kappa shape index (κ1) is 56.8. The topological polar surface area (TPSA) is 216 Å². The molecule has 0 spiro atoms. The minimum Gasteiger partial charge on any atom is -2.00 e.